The standard InChI is InChI=1S/C6H10O2.Li.2H2O.O.Ti.H/c1-4-8-6(7)5(2)3;;;;;;/h2,4H2,1,3H3;;2*1H2;;;/q;+1;;;;+2;-1/p-2. The summed E-state index contributed by atoms with van der Waals surface area (Å²) in [6.07, 6.45) is 0. The second-order valence-corrected chi connectivity index (χ2v) is 2.67. The van der Waals surface area contributed by atoms with Crippen molar-refractivity contribution in [2.24, 2.45) is 0 Å². The van der Waals surface area contributed by atoms with Gasteiger partial charge in [0.25, 0.3) is 0 Å². The number of esters is 1. The third-order valence-corrected chi connectivity index (χ3v) is 0.624. The first-order valence-electron chi connectivity index (χ1n) is 3.16. The molecule has 72 valence electrons. The van der Waals surface area contributed by atoms with Crippen molar-refractivity contribution in [1.82, 2.24) is 0 Å². The summed E-state index contributed by atoms with van der Waals surface area (Å²) in [6.45, 7) is 7.21. The summed E-state index contributed by atoms with van der Waals surface area (Å²) >= 11 is -3.58. The first-order valence-corrected chi connectivity index (χ1v) is 5.19. The Hall–Kier alpha value is 0.242. The van der Waals surface area contributed by atoms with Gasteiger partial charge in [-0.05, 0) is 13.8 Å². The third-order valence-electron chi connectivity index (χ3n) is 0.624. The summed E-state index contributed by atoms with van der Waals surface area (Å²) in [4.78, 5) is 10.4. The van der Waals surface area contributed by atoms with Crippen LogP contribution in [-0.2, 0) is 31.5 Å². The van der Waals surface area contributed by atoms with Crippen molar-refractivity contribution in [2.75, 3.05) is 6.61 Å². The predicted octanol–water partition coefficient (Wildman–Crippen LogP) is -2.99. The molecule has 0 bridgehead atoms. The van der Waals surface area contributed by atoms with Crippen LogP contribution >= 0.6 is 0 Å². The summed E-state index contributed by atoms with van der Waals surface area (Å²) in [6, 6.07) is 0. The van der Waals surface area contributed by atoms with E-state index >= 15 is 0 Å². The fourth-order valence-corrected chi connectivity index (χ4v) is 0.254. The molecular formula is C6H13LiO5Ti. The van der Waals surface area contributed by atoms with Crippen molar-refractivity contribution >= 4 is 5.97 Å². The zero-order valence-electron chi connectivity index (χ0n) is 9.03. The molecule has 0 aliphatic heterocycles. The molecule has 2 N–H and O–H groups in total. The zero-order chi connectivity index (χ0) is 10.1. The molecule has 0 heterocycles. The average Bonchev–Trinajstić information content (AvgIpc) is 1.86. The molecule has 0 fully saturated rings. The topological polar surface area (TPSA) is 83.8 Å². The predicted molar refractivity (Wildman–Crippen MR) is 37.7 cm³/mol. The van der Waals surface area contributed by atoms with Gasteiger partial charge in [0, 0.05) is 5.57 Å². The van der Waals surface area contributed by atoms with Crippen LogP contribution in [0.4, 0.5) is 0 Å². The molecule has 0 aromatic heterocycles. The first-order chi connectivity index (χ1) is 5.41. The van der Waals surface area contributed by atoms with Crippen LogP contribution in [0.2, 0.25) is 0 Å². The van der Waals surface area contributed by atoms with Crippen LogP contribution in [0.1, 0.15) is 15.3 Å². The van der Waals surface area contributed by atoms with Gasteiger partial charge in [-0.25, -0.2) is 4.79 Å². The van der Waals surface area contributed by atoms with E-state index in [0.29, 0.717) is 12.2 Å². The van der Waals surface area contributed by atoms with E-state index in [4.69, 9.17) is 10.7 Å². The summed E-state index contributed by atoms with van der Waals surface area (Å²) in [5, 5.41) is 0. The molecule has 0 saturated heterocycles. The van der Waals surface area contributed by atoms with Crippen molar-refractivity contribution in [1.29, 1.82) is 0 Å². The molecule has 0 aromatic rings. The van der Waals surface area contributed by atoms with Crippen molar-refractivity contribution in [2.45, 2.75) is 13.8 Å². The number of hydrogen-bond acceptors (Lipinski definition) is 3. The Kier molecular flexibility index (Phi) is 17.8. The van der Waals surface area contributed by atoms with Gasteiger partial charge in [0.2, 0.25) is 0 Å². The Morgan fingerprint density at radius 2 is 1.92 bits per heavy atom. The van der Waals surface area contributed by atoms with E-state index in [2.05, 4.69) is 11.3 Å². The van der Waals surface area contributed by atoms with E-state index in [-0.39, 0.29) is 26.3 Å². The molecule has 0 spiro atoms. The zero-order valence-corrected chi connectivity index (χ0v) is 9.59. The summed E-state index contributed by atoms with van der Waals surface area (Å²) in [5.41, 5.74) is 0.451. The minimum absolute atomic E-state index is 0. The molecule has 0 unspecified atom stereocenters. The van der Waals surface area contributed by atoms with E-state index in [1.165, 1.54) is 0 Å². The van der Waals surface area contributed by atoms with Gasteiger partial charge >= 0.3 is 54.1 Å². The van der Waals surface area contributed by atoms with Crippen LogP contribution in [0.5, 0.6) is 0 Å². The maximum absolute atomic E-state index is 10.4. The van der Waals surface area contributed by atoms with Gasteiger partial charge in [-0.2, -0.15) is 0 Å². The summed E-state index contributed by atoms with van der Waals surface area (Å²) < 4.78 is 27.8. The number of hydrogen-bond donors (Lipinski definition) is 2. The second kappa shape index (κ2) is 12.2. The van der Waals surface area contributed by atoms with Crippen molar-refractivity contribution in [3.8, 4) is 0 Å². The molecule has 7 heteroatoms. The molecule has 0 aliphatic rings. The fourth-order valence-electron chi connectivity index (χ4n) is 0.254. The Bertz CT molecular complexity index is 183. The van der Waals surface area contributed by atoms with E-state index in [1.807, 2.05) is 0 Å². The van der Waals surface area contributed by atoms with E-state index < -0.39 is 18.6 Å². The van der Waals surface area contributed by atoms with Gasteiger partial charge in [0.1, 0.15) is 0 Å². The van der Waals surface area contributed by atoms with Gasteiger partial charge in [-0.3, -0.25) is 0 Å². The van der Waals surface area contributed by atoms with Gasteiger partial charge < -0.3 is 6.16 Å². The average molecular weight is 220 g/mol. The number of rotatable bonds is 2. The van der Waals surface area contributed by atoms with Crippen molar-refractivity contribution < 1.29 is 59.1 Å². The van der Waals surface area contributed by atoms with E-state index in [9.17, 15) is 4.79 Å². The maximum atomic E-state index is 10.4. The van der Waals surface area contributed by atoms with Gasteiger partial charge in [-0.15, -0.1) is 0 Å². The summed E-state index contributed by atoms with van der Waals surface area (Å²) in [5.74, 6) is -0.312. The van der Waals surface area contributed by atoms with E-state index in [0.717, 1.165) is 0 Å². The molecule has 0 aliphatic carbocycles. The Balaban J connectivity index is -0.0000000733. The Morgan fingerprint density at radius 3 is 2.00 bits per heavy atom. The van der Waals surface area contributed by atoms with Crippen LogP contribution < -0.4 is 18.9 Å². The van der Waals surface area contributed by atoms with Gasteiger partial charge in [0.05, 0.1) is 6.61 Å². The molecule has 0 amide bonds. The normalized spacial score (nSPS) is 7.08. The Morgan fingerprint density at radius 1 is 1.62 bits per heavy atom. The molecule has 0 radical (unpaired) electrons. The Labute approximate surface area is 97.6 Å². The number of ether oxygens (including phenoxy) is 1. The minimum atomic E-state index is -3.58. The van der Waals surface area contributed by atoms with Crippen LogP contribution in [0, 0.1) is 0 Å². The first kappa shape index (κ1) is 18.9. The number of carbonyl (C=O) groups is 1. The molecule has 13 heavy (non-hydrogen) atoms. The quantitative estimate of drug-likeness (QED) is 0.294. The molecule has 0 rings (SSSR count). The molecule has 0 atom stereocenters. The van der Waals surface area contributed by atoms with Gasteiger partial charge in [-0.1, -0.05) is 6.58 Å². The second-order valence-electron chi connectivity index (χ2n) is 1.78. The van der Waals surface area contributed by atoms with Crippen molar-refractivity contribution in [3.05, 3.63) is 12.2 Å². The van der Waals surface area contributed by atoms with Crippen LogP contribution in [0.15, 0.2) is 12.2 Å². The third kappa shape index (κ3) is 24.5. The summed E-state index contributed by atoms with van der Waals surface area (Å²) in [7, 11) is 0. The number of carbonyl (C=O) groups excluding carboxylic acids is 1. The monoisotopic (exact) mass is 220 g/mol. The SMILES string of the molecule is C=C(C)C(=O)OCC.[H-].[Li+].[O]=[Ti]([OH])[OH]. The van der Waals surface area contributed by atoms with Crippen LogP contribution in [0.3, 0.4) is 0 Å². The molecule has 5 nitrogen and oxygen atoms in total. The van der Waals surface area contributed by atoms with Crippen molar-refractivity contribution in [3.63, 3.8) is 0 Å². The van der Waals surface area contributed by atoms with E-state index in [1.54, 1.807) is 13.8 Å². The van der Waals surface area contributed by atoms with Crippen LogP contribution in [-0.4, -0.2) is 20.0 Å². The van der Waals surface area contributed by atoms with Crippen LogP contribution in [0.25, 0.3) is 0 Å². The molecule has 0 aromatic carbocycles. The fraction of sp³-hybridized carbons (Fsp3) is 0.500. The molecule has 0 saturated carbocycles. The molecular weight excluding hydrogens is 207 g/mol. The van der Waals surface area contributed by atoms with Gasteiger partial charge in [0.15, 0.2) is 0 Å².